The summed E-state index contributed by atoms with van der Waals surface area (Å²) in [7, 11) is 0. The smallest absolute Gasteiger partial charge is 0.316 e. The minimum absolute atomic E-state index is 0.00510. The molecule has 1 rings (SSSR count). The molecule has 7 heteroatoms. The van der Waals surface area contributed by atoms with E-state index in [0.29, 0.717) is 19.5 Å². The molecule has 0 aliphatic heterocycles. The van der Waals surface area contributed by atoms with E-state index in [9.17, 15) is 4.79 Å². The van der Waals surface area contributed by atoms with Gasteiger partial charge in [0.15, 0.2) is 0 Å². The van der Waals surface area contributed by atoms with Gasteiger partial charge in [-0.2, -0.15) is 0 Å². The number of rotatable bonds is 5. The first kappa shape index (κ1) is 10.3. The van der Waals surface area contributed by atoms with E-state index >= 15 is 0 Å². The molecule has 0 spiro atoms. The Morgan fingerprint density at radius 3 is 2.93 bits per heavy atom. The second kappa shape index (κ2) is 5.05. The molecule has 7 nitrogen and oxygen atoms in total. The van der Waals surface area contributed by atoms with Gasteiger partial charge in [-0.25, -0.2) is 0 Å². The minimum atomic E-state index is -0.0208. The van der Waals surface area contributed by atoms with Crippen molar-refractivity contribution in [3.63, 3.8) is 0 Å². The lowest BCUT2D eigenvalue weighted by molar-refractivity contribution is -0.120. The van der Waals surface area contributed by atoms with Crippen LogP contribution in [0, 0.1) is 0 Å². The van der Waals surface area contributed by atoms with Crippen LogP contribution in [0.25, 0.3) is 0 Å². The standard InChI is InChI=1S/C7H13N5O2/c1-2-9-5(13)3-4-10-7-12-11-6(8)14-7/h2-4H2,1H3,(H2,8,11)(H,9,13)(H,10,12). The summed E-state index contributed by atoms with van der Waals surface area (Å²) in [6, 6.07) is 0.234. The number of anilines is 2. The van der Waals surface area contributed by atoms with Gasteiger partial charge in [0.2, 0.25) is 5.91 Å². The molecule has 1 aromatic rings. The largest absolute Gasteiger partial charge is 0.390 e. The van der Waals surface area contributed by atoms with E-state index in [-0.39, 0.29) is 17.9 Å². The van der Waals surface area contributed by atoms with Gasteiger partial charge in [0.1, 0.15) is 0 Å². The van der Waals surface area contributed by atoms with Crippen LogP contribution in [0.2, 0.25) is 0 Å². The van der Waals surface area contributed by atoms with Gasteiger partial charge in [0.05, 0.1) is 0 Å². The molecular weight excluding hydrogens is 186 g/mol. The number of hydrogen-bond donors (Lipinski definition) is 3. The summed E-state index contributed by atoms with van der Waals surface area (Å²) < 4.78 is 4.84. The predicted molar refractivity (Wildman–Crippen MR) is 50.5 cm³/mol. The topological polar surface area (TPSA) is 106 Å². The average molecular weight is 199 g/mol. The van der Waals surface area contributed by atoms with Gasteiger partial charge < -0.3 is 20.8 Å². The highest BCUT2D eigenvalue weighted by Gasteiger charge is 2.02. The number of hydrogen-bond acceptors (Lipinski definition) is 6. The van der Waals surface area contributed by atoms with Gasteiger partial charge in [-0.3, -0.25) is 4.79 Å². The van der Waals surface area contributed by atoms with Gasteiger partial charge >= 0.3 is 12.0 Å². The van der Waals surface area contributed by atoms with Crippen molar-refractivity contribution in [2.75, 3.05) is 24.1 Å². The molecule has 0 aliphatic carbocycles. The maximum absolute atomic E-state index is 11.0. The quantitative estimate of drug-likeness (QED) is 0.595. The highest BCUT2D eigenvalue weighted by atomic mass is 16.4. The fourth-order valence-electron chi connectivity index (χ4n) is 0.875. The van der Waals surface area contributed by atoms with Crippen LogP contribution >= 0.6 is 0 Å². The van der Waals surface area contributed by atoms with Crippen molar-refractivity contribution in [1.29, 1.82) is 0 Å². The van der Waals surface area contributed by atoms with Crippen LogP contribution in [0.15, 0.2) is 4.42 Å². The molecule has 0 aromatic carbocycles. The SMILES string of the molecule is CCNC(=O)CCNc1nnc(N)o1. The first-order chi connectivity index (χ1) is 6.72. The maximum Gasteiger partial charge on any atom is 0.316 e. The Morgan fingerprint density at radius 1 is 1.57 bits per heavy atom. The van der Waals surface area contributed by atoms with Crippen LogP contribution in [0.5, 0.6) is 0 Å². The molecule has 0 bridgehead atoms. The summed E-state index contributed by atoms with van der Waals surface area (Å²) in [6.45, 7) is 2.93. The number of nitrogen functional groups attached to an aromatic ring is 1. The fourth-order valence-corrected chi connectivity index (χ4v) is 0.875. The molecule has 0 fully saturated rings. The lowest BCUT2D eigenvalue weighted by Gasteiger charge is -2.01. The van der Waals surface area contributed by atoms with Crippen molar-refractivity contribution in [2.45, 2.75) is 13.3 Å². The Bertz CT molecular complexity index is 298. The summed E-state index contributed by atoms with van der Waals surface area (Å²) in [5.74, 6) is -0.0208. The number of amides is 1. The van der Waals surface area contributed by atoms with E-state index in [1.807, 2.05) is 6.92 Å². The molecule has 0 saturated heterocycles. The Labute approximate surface area is 81.1 Å². The Morgan fingerprint density at radius 2 is 2.36 bits per heavy atom. The highest BCUT2D eigenvalue weighted by molar-refractivity contribution is 5.76. The zero-order valence-electron chi connectivity index (χ0n) is 7.91. The van der Waals surface area contributed by atoms with Crippen LogP contribution in [0.1, 0.15) is 13.3 Å². The van der Waals surface area contributed by atoms with E-state index in [2.05, 4.69) is 20.8 Å². The van der Waals surface area contributed by atoms with E-state index < -0.39 is 0 Å². The van der Waals surface area contributed by atoms with Crippen molar-refractivity contribution in [3.8, 4) is 0 Å². The Hall–Kier alpha value is -1.79. The number of nitrogens with zero attached hydrogens (tertiary/aromatic N) is 2. The third-order valence-corrected chi connectivity index (χ3v) is 1.44. The number of carbonyl (C=O) groups is 1. The molecule has 0 saturated carbocycles. The number of nitrogens with one attached hydrogen (secondary N) is 2. The van der Waals surface area contributed by atoms with Crippen LogP contribution < -0.4 is 16.4 Å². The molecule has 14 heavy (non-hydrogen) atoms. The van der Waals surface area contributed by atoms with Gasteiger partial charge in [-0.15, -0.1) is 0 Å². The number of nitrogens with two attached hydrogens (primary N) is 1. The monoisotopic (exact) mass is 199 g/mol. The molecule has 4 N–H and O–H groups in total. The Balaban J connectivity index is 2.18. The third-order valence-electron chi connectivity index (χ3n) is 1.44. The summed E-state index contributed by atoms with van der Waals surface area (Å²) >= 11 is 0. The van der Waals surface area contributed by atoms with Crippen molar-refractivity contribution >= 4 is 17.9 Å². The van der Waals surface area contributed by atoms with E-state index in [1.165, 1.54) is 0 Å². The van der Waals surface area contributed by atoms with E-state index in [4.69, 9.17) is 10.2 Å². The molecule has 0 aliphatic rings. The number of carbonyl (C=O) groups excluding carboxylic acids is 1. The lowest BCUT2D eigenvalue weighted by atomic mass is 10.4. The first-order valence-corrected chi connectivity index (χ1v) is 4.32. The van der Waals surface area contributed by atoms with Gasteiger partial charge in [0, 0.05) is 19.5 Å². The van der Waals surface area contributed by atoms with E-state index in [0.717, 1.165) is 0 Å². The summed E-state index contributed by atoms with van der Waals surface area (Å²) in [6.07, 6.45) is 0.357. The molecular formula is C7H13N5O2. The first-order valence-electron chi connectivity index (χ1n) is 4.32. The zero-order chi connectivity index (χ0) is 10.4. The summed E-state index contributed by atoms with van der Waals surface area (Å²) in [5.41, 5.74) is 5.20. The van der Waals surface area contributed by atoms with E-state index in [1.54, 1.807) is 0 Å². The maximum atomic E-state index is 11.0. The summed E-state index contributed by atoms with van der Waals surface area (Å²) in [5, 5.41) is 12.5. The summed E-state index contributed by atoms with van der Waals surface area (Å²) in [4.78, 5) is 11.0. The second-order valence-electron chi connectivity index (χ2n) is 2.58. The second-order valence-corrected chi connectivity index (χ2v) is 2.58. The molecule has 0 atom stereocenters. The van der Waals surface area contributed by atoms with Crippen molar-refractivity contribution < 1.29 is 9.21 Å². The van der Waals surface area contributed by atoms with Crippen LogP contribution in [0.4, 0.5) is 12.0 Å². The zero-order valence-corrected chi connectivity index (χ0v) is 7.91. The highest BCUT2D eigenvalue weighted by Crippen LogP contribution is 2.05. The van der Waals surface area contributed by atoms with Crippen molar-refractivity contribution in [1.82, 2.24) is 15.5 Å². The molecule has 0 unspecified atom stereocenters. The van der Waals surface area contributed by atoms with Gasteiger partial charge in [0.25, 0.3) is 0 Å². The predicted octanol–water partition coefficient (Wildman–Crippen LogP) is -0.410. The fraction of sp³-hybridized carbons (Fsp3) is 0.571. The minimum Gasteiger partial charge on any atom is -0.390 e. The molecule has 1 heterocycles. The third kappa shape index (κ3) is 3.30. The normalized spacial score (nSPS) is 9.79. The number of aromatic nitrogens is 2. The van der Waals surface area contributed by atoms with Crippen LogP contribution in [0.3, 0.4) is 0 Å². The molecule has 1 aromatic heterocycles. The van der Waals surface area contributed by atoms with Crippen molar-refractivity contribution in [2.24, 2.45) is 0 Å². The molecule has 78 valence electrons. The van der Waals surface area contributed by atoms with Crippen LogP contribution in [-0.2, 0) is 4.79 Å². The average Bonchev–Trinajstić information content (AvgIpc) is 2.52. The molecule has 1 amide bonds. The van der Waals surface area contributed by atoms with Gasteiger partial charge in [-0.05, 0) is 6.92 Å². The molecule has 0 radical (unpaired) electrons. The van der Waals surface area contributed by atoms with Gasteiger partial charge in [-0.1, -0.05) is 10.2 Å². The van der Waals surface area contributed by atoms with Crippen LogP contribution in [-0.4, -0.2) is 29.2 Å². The lowest BCUT2D eigenvalue weighted by Crippen LogP contribution is -2.24. The Kier molecular flexibility index (Phi) is 3.71. The van der Waals surface area contributed by atoms with Crippen molar-refractivity contribution in [3.05, 3.63) is 0 Å².